The molecule has 4 heteroatoms. The zero-order chi connectivity index (χ0) is 25.0. The minimum Gasteiger partial charge on any atom is -0.478 e. The van der Waals surface area contributed by atoms with Gasteiger partial charge in [0.15, 0.2) is 0 Å². The van der Waals surface area contributed by atoms with E-state index in [4.69, 9.17) is 0 Å². The highest BCUT2D eigenvalue weighted by molar-refractivity contribution is 6.04. The lowest BCUT2D eigenvalue weighted by Crippen LogP contribution is -2.11. The number of hydrogen-bond acceptors (Lipinski definition) is 2. The molecule has 0 atom stereocenters. The van der Waals surface area contributed by atoms with Crippen LogP contribution in [0.2, 0.25) is 0 Å². The zero-order valence-electron chi connectivity index (χ0n) is 20.7. The predicted octanol–water partition coefficient (Wildman–Crippen LogP) is 7.38. The van der Waals surface area contributed by atoms with Crippen molar-refractivity contribution in [1.29, 1.82) is 0 Å². The van der Waals surface area contributed by atoms with Crippen molar-refractivity contribution in [2.75, 3.05) is 0 Å². The number of rotatable bonds is 9. The van der Waals surface area contributed by atoms with E-state index in [1.54, 1.807) is 24.3 Å². The SMILES string of the molecule is CCc1cc(CC(C)C)c(CC(C)C)c(-c2ccccc2C(=O)O)c1-c1ccccc1C(=O)O. The highest BCUT2D eigenvalue weighted by Crippen LogP contribution is 2.43. The van der Waals surface area contributed by atoms with Crippen LogP contribution < -0.4 is 0 Å². The van der Waals surface area contributed by atoms with Gasteiger partial charge in [0, 0.05) is 0 Å². The van der Waals surface area contributed by atoms with Gasteiger partial charge in [0.1, 0.15) is 0 Å². The number of aromatic carboxylic acids is 2. The van der Waals surface area contributed by atoms with E-state index in [1.165, 1.54) is 5.56 Å². The van der Waals surface area contributed by atoms with Gasteiger partial charge in [0.05, 0.1) is 11.1 Å². The van der Waals surface area contributed by atoms with Crippen molar-refractivity contribution < 1.29 is 19.8 Å². The van der Waals surface area contributed by atoms with Crippen molar-refractivity contribution in [3.8, 4) is 22.3 Å². The number of hydrogen-bond donors (Lipinski definition) is 2. The summed E-state index contributed by atoms with van der Waals surface area (Å²) in [6, 6.07) is 16.3. The van der Waals surface area contributed by atoms with E-state index >= 15 is 0 Å². The van der Waals surface area contributed by atoms with Gasteiger partial charge < -0.3 is 10.2 Å². The molecule has 0 bridgehead atoms. The van der Waals surface area contributed by atoms with Gasteiger partial charge in [-0.05, 0) is 82.2 Å². The molecule has 34 heavy (non-hydrogen) atoms. The minimum absolute atomic E-state index is 0.221. The highest BCUT2D eigenvalue weighted by atomic mass is 16.4. The summed E-state index contributed by atoms with van der Waals surface area (Å²) in [5.41, 5.74) is 6.77. The molecule has 0 spiro atoms. The summed E-state index contributed by atoms with van der Waals surface area (Å²) >= 11 is 0. The van der Waals surface area contributed by atoms with Crippen LogP contribution in [0.3, 0.4) is 0 Å². The lowest BCUT2D eigenvalue weighted by atomic mass is 9.78. The first kappa shape index (κ1) is 25.2. The van der Waals surface area contributed by atoms with Crippen LogP contribution in [-0.4, -0.2) is 22.2 Å². The molecular formula is C30H34O4. The number of aryl methyl sites for hydroxylation is 1. The third kappa shape index (κ3) is 5.22. The molecule has 0 aliphatic carbocycles. The van der Waals surface area contributed by atoms with Crippen molar-refractivity contribution >= 4 is 11.9 Å². The van der Waals surface area contributed by atoms with Gasteiger partial charge in [-0.1, -0.05) is 77.1 Å². The molecule has 0 aromatic heterocycles. The smallest absolute Gasteiger partial charge is 0.336 e. The Kier molecular flexibility index (Phi) is 7.93. The van der Waals surface area contributed by atoms with Crippen LogP contribution in [0, 0.1) is 11.8 Å². The van der Waals surface area contributed by atoms with E-state index in [-0.39, 0.29) is 11.1 Å². The Bertz CT molecular complexity index is 1200. The average molecular weight is 459 g/mol. The Morgan fingerprint density at radius 1 is 0.706 bits per heavy atom. The first-order valence-electron chi connectivity index (χ1n) is 12.0. The fourth-order valence-corrected chi connectivity index (χ4v) is 4.76. The molecule has 0 fully saturated rings. The largest absolute Gasteiger partial charge is 0.478 e. The Morgan fingerprint density at radius 3 is 1.62 bits per heavy atom. The molecule has 0 saturated heterocycles. The van der Waals surface area contributed by atoms with Crippen molar-refractivity contribution in [2.24, 2.45) is 11.8 Å². The molecule has 4 nitrogen and oxygen atoms in total. The maximum atomic E-state index is 12.3. The first-order valence-corrected chi connectivity index (χ1v) is 12.0. The molecule has 0 radical (unpaired) electrons. The molecule has 0 aliphatic heterocycles. The summed E-state index contributed by atoms with van der Waals surface area (Å²) in [6.45, 7) is 10.7. The number of carboxylic acids is 2. The molecule has 0 unspecified atom stereocenters. The quantitative estimate of drug-likeness (QED) is 0.351. The summed E-state index contributed by atoms with van der Waals surface area (Å²) in [5.74, 6) is -1.21. The average Bonchev–Trinajstić information content (AvgIpc) is 2.79. The monoisotopic (exact) mass is 458 g/mol. The maximum Gasteiger partial charge on any atom is 0.336 e. The molecule has 0 heterocycles. The molecule has 2 N–H and O–H groups in total. The molecule has 3 rings (SSSR count). The Labute approximate surface area is 202 Å². The molecule has 0 aliphatic rings. The van der Waals surface area contributed by atoms with Crippen LogP contribution >= 0.6 is 0 Å². The van der Waals surface area contributed by atoms with Crippen LogP contribution in [0.4, 0.5) is 0 Å². The fourth-order valence-electron chi connectivity index (χ4n) is 4.76. The van der Waals surface area contributed by atoms with Crippen molar-refractivity contribution in [2.45, 2.75) is 53.9 Å². The minimum atomic E-state index is -0.994. The van der Waals surface area contributed by atoms with Crippen LogP contribution in [-0.2, 0) is 19.3 Å². The molecule has 0 saturated carbocycles. The lowest BCUT2D eigenvalue weighted by Gasteiger charge is -2.26. The molecular weight excluding hydrogens is 424 g/mol. The standard InChI is InChI=1S/C30H34O4/c1-6-20-17-21(15-18(2)3)26(16-19(4)5)28(23-12-8-10-14-25(23)30(33)34)27(20)22-11-7-9-13-24(22)29(31)32/h7-14,17-19H,6,15-16H2,1-5H3,(H,31,32)(H,33,34). The normalized spacial score (nSPS) is 11.3. The van der Waals surface area contributed by atoms with Crippen molar-refractivity contribution in [1.82, 2.24) is 0 Å². The maximum absolute atomic E-state index is 12.3. The summed E-state index contributed by atoms with van der Waals surface area (Å²) in [4.78, 5) is 24.5. The van der Waals surface area contributed by atoms with E-state index in [1.807, 2.05) is 24.3 Å². The second-order valence-electron chi connectivity index (χ2n) is 9.67. The predicted molar refractivity (Wildman–Crippen MR) is 138 cm³/mol. The third-order valence-corrected chi connectivity index (χ3v) is 6.08. The highest BCUT2D eigenvalue weighted by Gasteiger charge is 2.26. The van der Waals surface area contributed by atoms with Gasteiger partial charge in [-0.3, -0.25) is 0 Å². The molecule has 3 aromatic rings. The number of carboxylic acid groups (broad SMARTS) is 2. The topological polar surface area (TPSA) is 74.6 Å². The van der Waals surface area contributed by atoms with E-state index in [0.29, 0.717) is 29.4 Å². The van der Waals surface area contributed by atoms with E-state index in [2.05, 4.69) is 40.7 Å². The van der Waals surface area contributed by atoms with Crippen LogP contribution in [0.25, 0.3) is 22.3 Å². The van der Waals surface area contributed by atoms with Gasteiger partial charge in [-0.2, -0.15) is 0 Å². The van der Waals surface area contributed by atoms with E-state index in [0.717, 1.165) is 35.1 Å². The third-order valence-electron chi connectivity index (χ3n) is 6.08. The van der Waals surface area contributed by atoms with Gasteiger partial charge in [0.25, 0.3) is 0 Å². The lowest BCUT2D eigenvalue weighted by molar-refractivity contribution is 0.0686. The summed E-state index contributed by atoms with van der Waals surface area (Å²) in [7, 11) is 0. The zero-order valence-corrected chi connectivity index (χ0v) is 20.7. The van der Waals surface area contributed by atoms with Crippen molar-refractivity contribution in [3.05, 3.63) is 82.4 Å². The van der Waals surface area contributed by atoms with Crippen LogP contribution in [0.1, 0.15) is 72.0 Å². The first-order chi connectivity index (χ1) is 16.1. The van der Waals surface area contributed by atoms with E-state index in [9.17, 15) is 19.8 Å². The van der Waals surface area contributed by atoms with Gasteiger partial charge in [-0.25, -0.2) is 9.59 Å². The van der Waals surface area contributed by atoms with Gasteiger partial charge >= 0.3 is 11.9 Å². The molecule has 178 valence electrons. The fraction of sp³-hybridized carbons (Fsp3) is 0.333. The number of benzene rings is 3. The van der Waals surface area contributed by atoms with Crippen molar-refractivity contribution in [3.63, 3.8) is 0 Å². The molecule has 0 amide bonds. The van der Waals surface area contributed by atoms with Crippen LogP contribution in [0.15, 0.2) is 54.6 Å². The second kappa shape index (κ2) is 10.7. The second-order valence-corrected chi connectivity index (χ2v) is 9.67. The summed E-state index contributed by atoms with van der Waals surface area (Å²) in [5, 5.41) is 20.0. The Hall–Kier alpha value is -3.40. The Morgan fingerprint density at radius 2 is 1.18 bits per heavy atom. The van der Waals surface area contributed by atoms with Gasteiger partial charge in [-0.15, -0.1) is 0 Å². The summed E-state index contributed by atoms with van der Waals surface area (Å²) < 4.78 is 0. The molecule has 3 aromatic carbocycles. The summed E-state index contributed by atoms with van der Waals surface area (Å²) in [6.07, 6.45) is 2.36. The Balaban J connectivity index is 2.59. The van der Waals surface area contributed by atoms with E-state index < -0.39 is 11.9 Å². The van der Waals surface area contributed by atoms with Crippen LogP contribution in [0.5, 0.6) is 0 Å². The number of carbonyl (C=O) groups is 2. The van der Waals surface area contributed by atoms with Gasteiger partial charge in [0.2, 0.25) is 0 Å².